The van der Waals surface area contributed by atoms with Crippen molar-refractivity contribution in [2.24, 2.45) is 11.7 Å². The molecule has 4 heteroatoms. The van der Waals surface area contributed by atoms with Crippen molar-refractivity contribution in [1.29, 1.82) is 0 Å². The number of piperidine rings is 1. The second kappa shape index (κ2) is 2.44. The predicted molar refractivity (Wildman–Crippen MR) is 43.7 cm³/mol. The van der Waals surface area contributed by atoms with Gasteiger partial charge >= 0.3 is 5.97 Å². The van der Waals surface area contributed by atoms with Crippen LogP contribution in [0.5, 0.6) is 0 Å². The van der Waals surface area contributed by atoms with Crippen LogP contribution >= 0.6 is 0 Å². The molecule has 2 fully saturated rings. The minimum atomic E-state index is -0.973. The Labute approximate surface area is 71.3 Å². The Hall–Kier alpha value is -0.610. The van der Waals surface area contributed by atoms with E-state index in [1.807, 2.05) is 0 Å². The molecule has 0 aromatic heterocycles. The molecule has 0 aromatic rings. The average molecular weight is 170 g/mol. The molecule has 0 saturated carbocycles. The number of hydrogen-bond donors (Lipinski definition) is 2. The van der Waals surface area contributed by atoms with Crippen LogP contribution in [0, 0.1) is 5.92 Å². The largest absolute Gasteiger partial charge is 0.480 e. The van der Waals surface area contributed by atoms with Gasteiger partial charge in [0.1, 0.15) is 5.54 Å². The molecule has 2 bridgehead atoms. The SMILES string of the molecule is NC1(C(=O)O)CC2CCN(C2)C1. The molecule has 68 valence electrons. The van der Waals surface area contributed by atoms with E-state index in [9.17, 15) is 4.79 Å². The first-order valence-electron chi connectivity index (χ1n) is 4.35. The van der Waals surface area contributed by atoms with E-state index in [1.54, 1.807) is 0 Å². The van der Waals surface area contributed by atoms with E-state index in [0.29, 0.717) is 18.9 Å². The summed E-state index contributed by atoms with van der Waals surface area (Å²) in [5, 5.41) is 8.91. The summed E-state index contributed by atoms with van der Waals surface area (Å²) >= 11 is 0. The van der Waals surface area contributed by atoms with E-state index < -0.39 is 11.5 Å². The van der Waals surface area contributed by atoms with Crippen LogP contribution in [-0.2, 0) is 4.79 Å². The Morgan fingerprint density at radius 3 is 3.00 bits per heavy atom. The molecule has 0 spiro atoms. The number of fused-ring (bicyclic) bond motifs is 2. The van der Waals surface area contributed by atoms with Gasteiger partial charge in [0.15, 0.2) is 0 Å². The van der Waals surface area contributed by atoms with Crippen LogP contribution in [0.3, 0.4) is 0 Å². The molecule has 4 nitrogen and oxygen atoms in total. The van der Waals surface area contributed by atoms with Crippen LogP contribution in [0.25, 0.3) is 0 Å². The summed E-state index contributed by atoms with van der Waals surface area (Å²) in [6, 6.07) is 0. The van der Waals surface area contributed by atoms with Gasteiger partial charge in [0, 0.05) is 13.1 Å². The van der Waals surface area contributed by atoms with Gasteiger partial charge in [-0.25, -0.2) is 0 Å². The maximum atomic E-state index is 10.8. The third-order valence-electron chi connectivity index (χ3n) is 2.95. The minimum Gasteiger partial charge on any atom is -0.480 e. The summed E-state index contributed by atoms with van der Waals surface area (Å²) in [4.78, 5) is 13.0. The van der Waals surface area contributed by atoms with Crippen LogP contribution in [0.15, 0.2) is 0 Å². The van der Waals surface area contributed by atoms with Crippen LogP contribution in [0.2, 0.25) is 0 Å². The van der Waals surface area contributed by atoms with E-state index in [-0.39, 0.29) is 0 Å². The number of hydrogen-bond acceptors (Lipinski definition) is 3. The first kappa shape index (κ1) is 8.01. The monoisotopic (exact) mass is 170 g/mol. The van der Waals surface area contributed by atoms with Gasteiger partial charge in [-0.05, 0) is 25.3 Å². The molecule has 2 rings (SSSR count). The van der Waals surface area contributed by atoms with E-state index in [1.165, 1.54) is 0 Å². The van der Waals surface area contributed by atoms with Gasteiger partial charge in [-0.3, -0.25) is 4.79 Å². The summed E-state index contributed by atoms with van der Waals surface area (Å²) in [6.07, 6.45) is 1.77. The molecule has 12 heavy (non-hydrogen) atoms. The third kappa shape index (κ3) is 1.11. The molecule has 2 aliphatic rings. The zero-order chi connectivity index (χ0) is 8.77. The molecule has 2 heterocycles. The lowest BCUT2D eigenvalue weighted by molar-refractivity contribution is -0.145. The maximum absolute atomic E-state index is 10.8. The van der Waals surface area contributed by atoms with Crippen molar-refractivity contribution in [2.45, 2.75) is 18.4 Å². The fourth-order valence-corrected chi connectivity index (χ4v) is 2.36. The van der Waals surface area contributed by atoms with Crippen molar-refractivity contribution in [3.63, 3.8) is 0 Å². The zero-order valence-electron chi connectivity index (χ0n) is 6.99. The maximum Gasteiger partial charge on any atom is 0.325 e. The first-order valence-corrected chi connectivity index (χ1v) is 4.35. The Balaban J connectivity index is 2.15. The number of aliphatic carboxylic acids is 1. The number of rotatable bonds is 1. The summed E-state index contributed by atoms with van der Waals surface area (Å²) in [5.41, 5.74) is 4.81. The molecule has 0 radical (unpaired) electrons. The lowest BCUT2D eigenvalue weighted by atomic mass is 9.85. The second-order valence-electron chi connectivity index (χ2n) is 4.06. The summed E-state index contributed by atoms with van der Waals surface area (Å²) in [6.45, 7) is 2.60. The first-order chi connectivity index (χ1) is 5.60. The molecular formula is C8H14N2O2. The standard InChI is InChI=1S/C8H14N2O2/c9-8(7(11)12)3-6-1-2-10(4-6)5-8/h6H,1-5,9H2,(H,11,12). The Bertz CT molecular complexity index is 205. The number of carboxylic acid groups (broad SMARTS) is 1. The molecule has 0 aromatic carbocycles. The van der Waals surface area contributed by atoms with E-state index in [0.717, 1.165) is 19.5 Å². The van der Waals surface area contributed by atoms with Gasteiger partial charge in [-0.1, -0.05) is 0 Å². The van der Waals surface area contributed by atoms with Crippen LogP contribution < -0.4 is 5.73 Å². The third-order valence-corrected chi connectivity index (χ3v) is 2.95. The molecular weight excluding hydrogens is 156 g/mol. The molecule has 3 N–H and O–H groups in total. The van der Waals surface area contributed by atoms with Crippen molar-refractivity contribution in [1.82, 2.24) is 4.90 Å². The normalized spacial score (nSPS) is 46.1. The fraction of sp³-hybridized carbons (Fsp3) is 0.875. The number of carbonyl (C=O) groups is 1. The number of nitrogens with zero attached hydrogens (tertiary/aromatic N) is 1. The summed E-state index contributed by atoms with van der Waals surface area (Å²) in [5.74, 6) is -0.334. The smallest absolute Gasteiger partial charge is 0.325 e. The predicted octanol–water partition coefficient (Wildman–Crippen LogP) is -0.506. The highest BCUT2D eigenvalue weighted by atomic mass is 16.4. The van der Waals surface area contributed by atoms with Crippen LogP contribution in [0.1, 0.15) is 12.8 Å². The highest BCUT2D eigenvalue weighted by Gasteiger charge is 2.45. The highest BCUT2D eigenvalue weighted by Crippen LogP contribution is 2.31. The van der Waals surface area contributed by atoms with Crippen molar-refractivity contribution < 1.29 is 9.90 Å². The van der Waals surface area contributed by atoms with Crippen molar-refractivity contribution in [2.75, 3.05) is 19.6 Å². The Morgan fingerprint density at radius 1 is 1.67 bits per heavy atom. The Kier molecular flexibility index (Phi) is 1.63. The van der Waals surface area contributed by atoms with Gasteiger partial charge in [-0.2, -0.15) is 0 Å². The molecule has 0 amide bonds. The summed E-state index contributed by atoms with van der Waals surface area (Å²) in [7, 11) is 0. The van der Waals surface area contributed by atoms with Crippen LogP contribution in [-0.4, -0.2) is 41.1 Å². The molecule has 2 saturated heterocycles. The van der Waals surface area contributed by atoms with Crippen LogP contribution in [0.4, 0.5) is 0 Å². The summed E-state index contributed by atoms with van der Waals surface area (Å²) < 4.78 is 0. The quantitative estimate of drug-likeness (QED) is 0.556. The van der Waals surface area contributed by atoms with Gasteiger partial charge in [0.2, 0.25) is 0 Å². The number of nitrogens with two attached hydrogens (primary N) is 1. The molecule has 3 atom stereocenters. The highest BCUT2D eigenvalue weighted by molar-refractivity contribution is 5.79. The topological polar surface area (TPSA) is 66.6 Å². The van der Waals surface area contributed by atoms with Gasteiger partial charge in [0.25, 0.3) is 0 Å². The second-order valence-corrected chi connectivity index (χ2v) is 4.06. The van der Waals surface area contributed by atoms with E-state index >= 15 is 0 Å². The average Bonchev–Trinajstić information content (AvgIpc) is 2.30. The van der Waals surface area contributed by atoms with Crippen molar-refractivity contribution >= 4 is 5.97 Å². The molecule has 2 aliphatic heterocycles. The molecule has 3 unspecified atom stereocenters. The minimum absolute atomic E-state index is 0.514. The van der Waals surface area contributed by atoms with Gasteiger partial charge in [0.05, 0.1) is 0 Å². The Morgan fingerprint density at radius 2 is 2.42 bits per heavy atom. The number of carboxylic acids is 1. The lowest BCUT2D eigenvalue weighted by Gasteiger charge is -2.35. The van der Waals surface area contributed by atoms with E-state index in [2.05, 4.69) is 4.90 Å². The fourth-order valence-electron chi connectivity index (χ4n) is 2.36. The zero-order valence-corrected chi connectivity index (χ0v) is 6.99. The van der Waals surface area contributed by atoms with E-state index in [4.69, 9.17) is 10.8 Å². The lowest BCUT2D eigenvalue weighted by Crippen LogP contribution is -2.59. The molecule has 0 aliphatic carbocycles. The van der Waals surface area contributed by atoms with Crippen molar-refractivity contribution in [3.8, 4) is 0 Å². The van der Waals surface area contributed by atoms with Crippen molar-refractivity contribution in [3.05, 3.63) is 0 Å². The van der Waals surface area contributed by atoms with Gasteiger partial charge in [-0.15, -0.1) is 0 Å². The van der Waals surface area contributed by atoms with Gasteiger partial charge < -0.3 is 15.7 Å².